The van der Waals surface area contributed by atoms with Crippen LogP contribution in [-0.2, 0) is 14.4 Å². The Morgan fingerprint density at radius 1 is 0.692 bits per heavy atom. The van der Waals surface area contributed by atoms with Crippen molar-refractivity contribution in [2.24, 2.45) is 0 Å². The molecule has 1 unspecified atom stereocenters. The lowest BCUT2D eigenvalue weighted by Gasteiger charge is -2.16. The van der Waals surface area contributed by atoms with Crippen molar-refractivity contribution in [3.8, 4) is 0 Å². The third-order valence-electron chi connectivity index (χ3n) is 3.72. The first-order chi connectivity index (χ1) is 12.7. The first-order valence-electron chi connectivity index (χ1n) is 8.16. The molecule has 26 heavy (non-hydrogen) atoms. The van der Waals surface area contributed by atoms with Crippen LogP contribution in [-0.4, -0.2) is 11.9 Å². The third-order valence-corrected chi connectivity index (χ3v) is 3.72. The minimum Gasteiger partial charge on any atom is -0.342 e. The lowest BCUT2D eigenvalue weighted by atomic mass is 9.98. The molecule has 0 saturated carbocycles. The summed E-state index contributed by atoms with van der Waals surface area (Å²) in [6, 6.07) is 26.8. The van der Waals surface area contributed by atoms with Gasteiger partial charge in [0.1, 0.15) is 0 Å². The number of anilines is 2. The summed E-state index contributed by atoms with van der Waals surface area (Å²) >= 11 is 0. The van der Waals surface area contributed by atoms with Gasteiger partial charge in [0, 0.05) is 5.69 Å². The van der Waals surface area contributed by atoms with Gasteiger partial charge in [0.05, 0.1) is 5.69 Å². The lowest BCUT2D eigenvalue weighted by Crippen LogP contribution is -2.30. The van der Waals surface area contributed by atoms with Crippen molar-refractivity contribution < 1.29 is 14.4 Å². The molecule has 3 rings (SSSR count). The Hall–Kier alpha value is -3.60. The standard InChI is InChI=1S/C21H18N2O3/c24-20(22-17-12-6-2-7-13-17)19(16-10-4-1-5-11-16)21(25)26-23-18-14-8-3-9-15-18/h1-15,19,23H,(H,22,24). The van der Waals surface area contributed by atoms with Crippen LogP contribution < -0.4 is 10.8 Å². The minimum absolute atomic E-state index is 0.456. The second kappa shape index (κ2) is 8.48. The molecule has 0 bridgehead atoms. The average molecular weight is 346 g/mol. The van der Waals surface area contributed by atoms with E-state index in [1.807, 2.05) is 42.5 Å². The van der Waals surface area contributed by atoms with Gasteiger partial charge in [-0.1, -0.05) is 66.7 Å². The Morgan fingerprint density at radius 2 is 1.19 bits per heavy atom. The molecule has 3 aromatic rings. The molecule has 0 heterocycles. The van der Waals surface area contributed by atoms with E-state index in [0.29, 0.717) is 16.9 Å². The summed E-state index contributed by atoms with van der Waals surface area (Å²) in [6.45, 7) is 0. The molecule has 1 atom stereocenters. The zero-order chi connectivity index (χ0) is 18.2. The number of para-hydroxylation sites is 2. The largest absolute Gasteiger partial charge is 0.348 e. The molecule has 0 aliphatic carbocycles. The zero-order valence-corrected chi connectivity index (χ0v) is 14.0. The Kier molecular flexibility index (Phi) is 5.62. The summed E-state index contributed by atoms with van der Waals surface area (Å²) in [6.07, 6.45) is 0. The molecular formula is C21H18N2O3. The maximum absolute atomic E-state index is 12.7. The highest BCUT2D eigenvalue weighted by Gasteiger charge is 2.30. The van der Waals surface area contributed by atoms with Gasteiger partial charge in [-0.2, -0.15) is 0 Å². The highest BCUT2D eigenvalue weighted by atomic mass is 16.7. The fourth-order valence-electron chi connectivity index (χ4n) is 2.45. The SMILES string of the molecule is O=C(Nc1ccccc1)C(C(=O)ONc1ccccc1)c1ccccc1. The van der Waals surface area contributed by atoms with Crippen LogP contribution in [0.1, 0.15) is 11.5 Å². The highest BCUT2D eigenvalue weighted by molar-refractivity contribution is 6.09. The number of nitrogens with one attached hydrogen (secondary N) is 2. The van der Waals surface area contributed by atoms with Crippen LogP contribution in [0.25, 0.3) is 0 Å². The average Bonchev–Trinajstić information content (AvgIpc) is 2.69. The molecule has 2 N–H and O–H groups in total. The lowest BCUT2D eigenvalue weighted by molar-refractivity contribution is -0.145. The van der Waals surface area contributed by atoms with Gasteiger partial charge in [0.15, 0.2) is 5.92 Å². The Bertz CT molecular complexity index is 852. The van der Waals surface area contributed by atoms with E-state index < -0.39 is 17.8 Å². The van der Waals surface area contributed by atoms with Crippen LogP contribution in [0.4, 0.5) is 11.4 Å². The normalized spacial score (nSPS) is 11.2. The van der Waals surface area contributed by atoms with Crippen LogP contribution >= 0.6 is 0 Å². The van der Waals surface area contributed by atoms with E-state index in [1.165, 1.54) is 0 Å². The molecule has 0 aliphatic heterocycles. The van der Waals surface area contributed by atoms with Gasteiger partial charge >= 0.3 is 5.97 Å². The van der Waals surface area contributed by atoms with Crippen LogP contribution in [0.5, 0.6) is 0 Å². The van der Waals surface area contributed by atoms with Gasteiger partial charge in [-0.25, -0.2) is 10.3 Å². The molecule has 0 fully saturated rings. The highest BCUT2D eigenvalue weighted by Crippen LogP contribution is 2.20. The van der Waals surface area contributed by atoms with Gasteiger partial charge in [-0.15, -0.1) is 0 Å². The molecule has 130 valence electrons. The predicted octanol–water partition coefficient (Wildman–Crippen LogP) is 3.98. The van der Waals surface area contributed by atoms with E-state index in [2.05, 4.69) is 10.8 Å². The van der Waals surface area contributed by atoms with E-state index in [-0.39, 0.29) is 0 Å². The Labute approximate surface area is 151 Å². The van der Waals surface area contributed by atoms with Crippen LogP contribution in [0.2, 0.25) is 0 Å². The van der Waals surface area contributed by atoms with E-state index >= 15 is 0 Å². The van der Waals surface area contributed by atoms with Crippen LogP contribution in [0.3, 0.4) is 0 Å². The smallest absolute Gasteiger partial charge is 0.342 e. The number of carbonyl (C=O) groups is 2. The number of carbonyl (C=O) groups excluding carboxylic acids is 2. The number of hydrogen-bond acceptors (Lipinski definition) is 4. The van der Waals surface area contributed by atoms with Crippen LogP contribution in [0.15, 0.2) is 91.0 Å². The summed E-state index contributed by atoms with van der Waals surface area (Å²) in [7, 11) is 0. The van der Waals surface area contributed by atoms with E-state index in [4.69, 9.17) is 4.84 Å². The van der Waals surface area contributed by atoms with Crippen molar-refractivity contribution in [2.45, 2.75) is 5.92 Å². The van der Waals surface area contributed by atoms with Crippen molar-refractivity contribution in [3.63, 3.8) is 0 Å². The molecule has 0 aliphatic rings. The summed E-state index contributed by atoms with van der Waals surface area (Å²) in [5.41, 5.74) is 4.37. The maximum Gasteiger partial charge on any atom is 0.348 e. The molecule has 5 heteroatoms. The maximum atomic E-state index is 12.7. The Balaban J connectivity index is 1.77. The second-order valence-corrected chi connectivity index (χ2v) is 5.59. The van der Waals surface area contributed by atoms with Gasteiger partial charge in [-0.3, -0.25) is 4.79 Å². The fourth-order valence-corrected chi connectivity index (χ4v) is 2.45. The molecule has 3 aromatic carbocycles. The van der Waals surface area contributed by atoms with Gasteiger partial charge in [0.2, 0.25) is 5.91 Å². The summed E-state index contributed by atoms with van der Waals surface area (Å²) in [5.74, 6) is -2.23. The third kappa shape index (κ3) is 4.48. The quantitative estimate of drug-likeness (QED) is 0.523. The first kappa shape index (κ1) is 17.2. The van der Waals surface area contributed by atoms with Gasteiger partial charge in [-0.05, 0) is 29.8 Å². The summed E-state index contributed by atoms with van der Waals surface area (Å²) < 4.78 is 0. The van der Waals surface area contributed by atoms with Crippen molar-refractivity contribution in [1.29, 1.82) is 0 Å². The molecule has 0 radical (unpaired) electrons. The monoisotopic (exact) mass is 346 g/mol. The first-order valence-corrected chi connectivity index (χ1v) is 8.16. The number of rotatable bonds is 6. The fraction of sp³-hybridized carbons (Fsp3) is 0.0476. The van der Waals surface area contributed by atoms with Crippen molar-refractivity contribution in [3.05, 3.63) is 96.6 Å². The van der Waals surface area contributed by atoms with Gasteiger partial charge < -0.3 is 10.2 Å². The molecule has 0 spiro atoms. The van der Waals surface area contributed by atoms with Gasteiger partial charge in [0.25, 0.3) is 0 Å². The molecule has 0 saturated heterocycles. The summed E-state index contributed by atoms with van der Waals surface area (Å²) in [4.78, 5) is 30.5. The van der Waals surface area contributed by atoms with E-state index in [0.717, 1.165) is 0 Å². The minimum atomic E-state index is -1.09. The van der Waals surface area contributed by atoms with E-state index in [1.54, 1.807) is 48.5 Å². The zero-order valence-electron chi connectivity index (χ0n) is 14.0. The number of benzene rings is 3. The second-order valence-electron chi connectivity index (χ2n) is 5.59. The van der Waals surface area contributed by atoms with Crippen molar-refractivity contribution in [2.75, 3.05) is 10.8 Å². The molecular weight excluding hydrogens is 328 g/mol. The molecule has 5 nitrogen and oxygen atoms in total. The summed E-state index contributed by atoms with van der Waals surface area (Å²) in [5, 5.41) is 2.75. The molecule has 1 amide bonds. The van der Waals surface area contributed by atoms with Crippen molar-refractivity contribution in [1.82, 2.24) is 0 Å². The Morgan fingerprint density at radius 3 is 1.77 bits per heavy atom. The number of amides is 1. The van der Waals surface area contributed by atoms with E-state index in [9.17, 15) is 9.59 Å². The number of hydrogen-bond donors (Lipinski definition) is 2. The predicted molar refractivity (Wildman–Crippen MR) is 100 cm³/mol. The van der Waals surface area contributed by atoms with Crippen molar-refractivity contribution >= 4 is 23.3 Å². The molecule has 0 aromatic heterocycles. The topological polar surface area (TPSA) is 67.4 Å². The van der Waals surface area contributed by atoms with Crippen LogP contribution in [0, 0.1) is 0 Å².